The smallest absolute Gasteiger partial charge is 0.332 e. The molecule has 0 radical (unpaired) electrons. The van der Waals surface area contributed by atoms with E-state index in [-0.39, 0.29) is 30.9 Å². The Morgan fingerprint density at radius 2 is 1.90 bits per heavy atom. The Labute approximate surface area is 183 Å². The van der Waals surface area contributed by atoms with E-state index in [1.54, 1.807) is 11.9 Å². The summed E-state index contributed by atoms with van der Waals surface area (Å²) in [6.45, 7) is 5.62. The predicted octanol–water partition coefficient (Wildman–Crippen LogP) is -0.257. The Morgan fingerprint density at radius 1 is 1.23 bits per heavy atom. The van der Waals surface area contributed by atoms with E-state index in [9.17, 15) is 19.8 Å². The molecule has 0 aromatic carbocycles. The average molecular weight is 442 g/mol. The second kappa shape index (κ2) is 11.1. The zero-order valence-corrected chi connectivity index (χ0v) is 19.3. The number of aliphatic hydroxyl groups excluding tert-OH is 2. The SMILES string of the molecule is CCC(O)(CC)CCCCn1c(=O)c2c(n(C)c1=O)NCN2CC(O)CN(C)CCO. The lowest BCUT2D eigenvalue weighted by Crippen LogP contribution is -2.44. The number of β-amino-alcohol motifs (C(OH)–C–C–N with tert-alkyl or cyclic N) is 1. The molecule has 0 fully saturated rings. The molecule has 31 heavy (non-hydrogen) atoms. The molecule has 1 atom stereocenters. The van der Waals surface area contributed by atoms with Crippen LogP contribution in [0.2, 0.25) is 0 Å². The minimum atomic E-state index is -0.713. The fraction of sp³-hybridized carbons (Fsp3) is 0.810. The number of hydrogen-bond donors (Lipinski definition) is 4. The van der Waals surface area contributed by atoms with Crippen molar-refractivity contribution in [2.24, 2.45) is 7.05 Å². The van der Waals surface area contributed by atoms with Crippen LogP contribution >= 0.6 is 0 Å². The summed E-state index contributed by atoms with van der Waals surface area (Å²) in [6, 6.07) is 0. The number of fused-ring (bicyclic) bond motifs is 1. The van der Waals surface area contributed by atoms with E-state index >= 15 is 0 Å². The van der Waals surface area contributed by atoms with Gasteiger partial charge in [0.2, 0.25) is 0 Å². The van der Waals surface area contributed by atoms with Crippen molar-refractivity contribution in [3.05, 3.63) is 20.8 Å². The van der Waals surface area contributed by atoms with Crippen molar-refractivity contribution in [1.29, 1.82) is 0 Å². The van der Waals surface area contributed by atoms with Gasteiger partial charge in [0, 0.05) is 33.2 Å². The standard InChI is InChI=1S/C21H39N5O5/c1-5-21(31,6-2)9-7-8-10-26-19(29)17-18(24(4)20(26)30)22-15-25(17)14-16(28)13-23(3)11-12-27/h16,22,27-28,31H,5-15H2,1-4H3. The number of rotatable bonds is 13. The molecule has 2 heterocycles. The molecule has 0 saturated carbocycles. The molecule has 0 aliphatic carbocycles. The number of aromatic nitrogens is 2. The van der Waals surface area contributed by atoms with Crippen LogP contribution in [0.5, 0.6) is 0 Å². The molecule has 1 aliphatic heterocycles. The number of aliphatic hydroxyl groups is 3. The number of hydrogen-bond acceptors (Lipinski definition) is 8. The molecule has 2 rings (SSSR count). The maximum Gasteiger partial charge on any atom is 0.332 e. The summed E-state index contributed by atoms with van der Waals surface area (Å²) >= 11 is 0. The van der Waals surface area contributed by atoms with Gasteiger partial charge in [0.05, 0.1) is 25.0 Å². The third-order valence-electron chi connectivity index (χ3n) is 6.30. The van der Waals surface area contributed by atoms with Gasteiger partial charge in [-0.05, 0) is 39.2 Å². The van der Waals surface area contributed by atoms with E-state index < -0.39 is 11.7 Å². The Hall–Kier alpha value is -1.88. The first-order valence-electron chi connectivity index (χ1n) is 11.2. The first kappa shape index (κ1) is 25.4. The molecule has 10 heteroatoms. The molecule has 0 bridgehead atoms. The van der Waals surface area contributed by atoms with Gasteiger partial charge in [0.25, 0.3) is 5.56 Å². The van der Waals surface area contributed by atoms with E-state index in [4.69, 9.17) is 5.11 Å². The van der Waals surface area contributed by atoms with Crippen molar-refractivity contribution < 1.29 is 15.3 Å². The van der Waals surface area contributed by atoms with Crippen molar-refractivity contribution in [3.63, 3.8) is 0 Å². The van der Waals surface area contributed by atoms with Gasteiger partial charge in [0.1, 0.15) is 11.5 Å². The lowest BCUT2D eigenvalue weighted by molar-refractivity contribution is 0.0210. The zero-order valence-electron chi connectivity index (χ0n) is 19.3. The molecule has 1 aromatic rings. The Morgan fingerprint density at radius 3 is 2.52 bits per heavy atom. The van der Waals surface area contributed by atoms with Gasteiger partial charge >= 0.3 is 5.69 Å². The monoisotopic (exact) mass is 441 g/mol. The van der Waals surface area contributed by atoms with E-state index in [1.165, 1.54) is 9.13 Å². The van der Waals surface area contributed by atoms with E-state index in [1.807, 2.05) is 25.8 Å². The molecular formula is C21H39N5O5. The number of nitrogens with one attached hydrogen (secondary N) is 1. The Kier molecular flexibility index (Phi) is 9.11. The highest BCUT2D eigenvalue weighted by molar-refractivity contribution is 5.70. The Balaban J connectivity index is 2.14. The van der Waals surface area contributed by atoms with Crippen LogP contribution in [0.1, 0.15) is 46.0 Å². The fourth-order valence-electron chi connectivity index (χ4n) is 4.10. The van der Waals surface area contributed by atoms with Gasteiger partial charge in [-0.2, -0.15) is 0 Å². The van der Waals surface area contributed by atoms with Gasteiger partial charge in [-0.3, -0.25) is 13.9 Å². The minimum absolute atomic E-state index is 0.0120. The van der Waals surface area contributed by atoms with Crippen LogP contribution in [0, 0.1) is 0 Å². The average Bonchev–Trinajstić information content (AvgIpc) is 3.15. The number of nitrogens with zero attached hydrogens (tertiary/aromatic N) is 4. The summed E-state index contributed by atoms with van der Waals surface area (Å²) in [4.78, 5) is 29.5. The highest BCUT2D eigenvalue weighted by Crippen LogP contribution is 2.26. The van der Waals surface area contributed by atoms with E-state index in [0.717, 1.165) is 6.42 Å². The summed E-state index contributed by atoms with van der Waals surface area (Å²) < 4.78 is 2.69. The first-order valence-corrected chi connectivity index (χ1v) is 11.2. The molecule has 178 valence electrons. The largest absolute Gasteiger partial charge is 0.395 e. The molecule has 10 nitrogen and oxygen atoms in total. The number of anilines is 2. The molecule has 1 aromatic heterocycles. The topological polar surface area (TPSA) is 123 Å². The van der Waals surface area contributed by atoms with Crippen LogP contribution < -0.4 is 21.5 Å². The molecule has 0 saturated heterocycles. The third-order valence-corrected chi connectivity index (χ3v) is 6.30. The van der Waals surface area contributed by atoms with Gasteiger partial charge < -0.3 is 30.4 Å². The lowest BCUT2D eigenvalue weighted by Gasteiger charge is -2.25. The van der Waals surface area contributed by atoms with E-state index in [2.05, 4.69) is 5.32 Å². The molecule has 0 spiro atoms. The van der Waals surface area contributed by atoms with Gasteiger partial charge in [0.15, 0.2) is 0 Å². The van der Waals surface area contributed by atoms with Gasteiger partial charge in [-0.1, -0.05) is 13.8 Å². The Bertz CT molecular complexity index is 833. The van der Waals surface area contributed by atoms with Crippen molar-refractivity contribution in [3.8, 4) is 0 Å². The maximum absolute atomic E-state index is 13.1. The van der Waals surface area contributed by atoms with Crippen LogP contribution in [-0.2, 0) is 13.6 Å². The van der Waals surface area contributed by atoms with Crippen molar-refractivity contribution in [1.82, 2.24) is 14.0 Å². The second-order valence-corrected chi connectivity index (χ2v) is 8.58. The minimum Gasteiger partial charge on any atom is -0.395 e. The zero-order chi connectivity index (χ0) is 23.2. The molecular weight excluding hydrogens is 402 g/mol. The molecule has 4 N–H and O–H groups in total. The predicted molar refractivity (Wildman–Crippen MR) is 122 cm³/mol. The normalized spacial score (nSPS) is 14.8. The second-order valence-electron chi connectivity index (χ2n) is 8.58. The van der Waals surface area contributed by atoms with Crippen LogP contribution in [0.4, 0.5) is 11.5 Å². The van der Waals surface area contributed by atoms with E-state index in [0.29, 0.717) is 56.9 Å². The van der Waals surface area contributed by atoms with Crippen molar-refractivity contribution in [2.45, 2.75) is 64.2 Å². The molecule has 1 unspecified atom stereocenters. The quantitative estimate of drug-likeness (QED) is 0.309. The lowest BCUT2D eigenvalue weighted by atomic mass is 9.91. The van der Waals surface area contributed by atoms with Crippen LogP contribution in [0.15, 0.2) is 9.59 Å². The summed E-state index contributed by atoms with van der Waals surface area (Å²) in [7, 11) is 3.44. The van der Waals surface area contributed by atoms with Crippen LogP contribution in [0.25, 0.3) is 0 Å². The summed E-state index contributed by atoms with van der Waals surface area (Å²) in [6.07, 6.45) is 2.64. The van der Waals surface area contributed by atoms with Gasteiger partial charge in [-0.15, -0.1) is 0 Å². The van der Waals surface area contributed by atoms with Crippen molar-refractivity contribution in [2.75, 3.05) is 50.2 Å². The maximum atomic E-state index is 13.1. The first-order chi connectivity index (χ1) is 14.7. The fourth-order valence-corrected chi connectivity index (χ4v) is 4.10. The highest BCUT2D eigenvalue weighted by Gasteiger charge is 2.29. The van der Waals surface area contributed by atoms with Gasteiger partial charge in [-0.25, -0.2) is 4.79 Å². The summed E-state index contributed by atoms with van der Waals surface area (Å²) in [5, 5.41) is 33.0. The summed E-state index contributed by atoms with van der Waals surface area (Å²) in [5.74, 6) is 0.466. The highest BCUT2D eigenvalue weighted by atomic mass is 16.3. The molecule has 0 amide bonds. The van der Waals surface area contributed by atoms with Crippen LogP contribution in [-0.4, -0.2) is 81.0 Å². The van der Waals surface area contributed by atoms with Crippen molar-refractivity contribution >= 4 is 11.5 Å². The summed E-state index contributed by atoms with van der Waals surface area (Å²) in [5.41, 5.74) is -1.03. The number of unbranched alkanes of at least 4 members (excludes halogenated alkanes) is 1. The van der Waals surface area contributed by atoms with Crippen LogP contribution in [0.3, 0.4) is 0 Å². The third kappa shape index (κ3) is 6.09. The molecule has 1 aliphatic rings. The number of likely N-dealkylation sites (N-methyl/N-ethyl adjacent to an activating group) is 1.